The lowest BCUT2D eigenvalue weighted by molar-refractivity contribution is 0.208. The Morgan fingerprint density at radius 1 is 0.632 bits per heavy atom. The molecule has 6 nitrogen and oxygen atoms in total. The summed E-state index contributed by atoms with van der Waals surface area (Å²) in [7, 11) is 0. The highest BCUT2D eigenvalue weighted by molar-refractivity contribution is 4.83. The SMILES string of the molecule is NC(CCCO)(CCCO)CCCO.NCCCN. The van der Waals surface area contributed by atoms with Gasteiger partial charge in [-0.2, -0.15) is 0 Å². The standard InChI is InChI=1S/C10H23NO3.C3H10N2/c11-10(4-1-7-12,5-2-8-13)6-3-9-14;4-2-1-3-5/h12-14H,1-9,11H2;1-5H2. The van der Waals surface area contributed by atoms with E-state index in [0.29, 0.717) is 19.3 Å². The first-order chi connectivity index (χ1) is 9.10. The number of aliphatic hydroxyl groups is 3. The maximum atomic E-state index is 8.73. The van der Waals surface area contributed by atoms with Crippen molar-refractivity contribution in [3.63, 3.8) is 0 Å². The monoisotopic (exact) mass is 279 g/mol. The topological polar surface area (TPSA) is 139 Å². The van der Waals surface area contributed by atoms with Crippen molar-refractivity contribution in [2.75, 3.05) is 32.9 Å². The maximum absolute atomic E-state index is 8.73. The van der Waals surface area contributed by atoms with Gasteiger partial charge in [0.05, 0.1) is 0 Å². The van der Waals surface area contributed by atoms with E-state index >= 15 is 0 Å². The molecule has 19 heavy (non-hydrogen) atoms. The zero-order valence-electron chi connectivity index (χ0n) is 12.1. The normalized spacial score (nSPS) is 11.1. The summed E-state index contributed by atoms with van der Waals surface area (Å²) in [5.41, 5.74) is 15.9. The molecule has 0 aromatic carbocycles. The van der Waals surface area contributed by atoms with Gasteiger partial charge in [-0.3, -0.25) is 0 Å². The lowest BCUT2D eigenvalue weighted by Crippen LogP contribution is -2.40. The van der Waals surface area contributed by atoms with Gasteiger partial charge in [0.15, 0.2) is 0 Å². The third-order valence-electron chi connectivity index (χ3n) is 2.91. The summed E-state index contributed by atoms with van der Waals surface area (Å²) in [5, 5.41) is 26.2. The quantitative estimate of drug-likeness (QED) is 0.295. The largest absolute Gasteiger partial charge is 0.396 e. The molecule has 0 radical (unpaired) electrons. The van der Waals surface area contributed by atoms with Crippen molar-refractivity contribution in [2.45, 2.75) is 50.5 Å². The van der Waals surface area contributed by atoms with Crippen molar-refractivity contribution in [2.24, 2.45) is 17.2 Å². The van der Waals surface area contributed by atoms with Crippen LogP contribution in [-0.2, 0) is 0 Å². The first-order valence-electron chi connectivity index (χ1n) is 7.11. The van der Waals surface area contributed by atoms with E-state index < -0.39 is 0 Å². The van der Waals surface area contributed by atoms with Crippen molar-refractivity contribution in [1.82, 2.24) is 0 Å². The Morgan fingerprint density at radius 2 is 0.947 bits per heavy atom. The van der Waals surface area contributed by atoms with Gasteiger partial charge in [-0.15, -0.1) is 0 Å². The van der Waals surface area contributed by atoms with Gasteiger partial charge < -0.3 is 32.5 Å². The van der Waals surface area contributed by atoms with Crippen LogP contribution in [0.2, 0.25) is 0 Å². The Labute approximate surface area is 117 Å². The van der Waals surface area contributed by atoms with Crippen molar-refractivity contribution in [3.05, 3.63) is 0 Å². The lowest BCUT2D eigenvalue weighted by Gasteiger charge is -2.29. The summed E-state index contributed by atoms with van der Waals surface area (Å²) < 4.78 is 0. The predicted molar refractivity (Wildman–Crippen MR) is 78.6 cm³/mol. The molecule has 0 heterocycles. The van der Waals surface area contributed by atoms with Gasteiger partial charge in [-0.25, -0.2) is 0 Å². The zero-order chi connectivity index (χ0) is 15.0. The van der Waals surface area contributed by atoms with Crippen molar-refractivity contribution in [3.8, 4) is 0 Å². The molecule has 6 heteroatoms. The number of hydrogen-bond donors (Lipinski definition) is 6. The highest BCUT2D eigenvalue weighted by atomic mass is 16.3. The Hall–Kier alpha value is -0.240. The molecule has 0 aliphatic heterocycles. The summed E-state index contributed by atoms with van der Waals surface area (Å²) >= 11 is 0. The number of nitrogens with two attached hydrogens (primary N) is 3. The van der Waals surface area contributed by atoms with Crippen molar-refractivity contribution >= 4 is 0 Å². The molecule has 0 aliphatic carbocycles. The summed E-state index contributed by atoms with van der Waals surface area (Å²) in [6.07, 6.45) is 5.27. The molecular formula is C13H33N3O3. The van der Waals surface area contributed by atoms with Crippen molar-refractivity contribution in [1.29, 1.82) is 0 Å². The zero-order valence-corrected chi connectivity index (χ0v) is 12.1. The molecule has 0 aromatic rings. The fourth-order valence-corrected chi connectivity index (χ4v) is 1.79. The van der Waals surface area contributed by atoms with Crippen LogP contribution in [0.5, 0.6) is 0 Å². The molecule has 0 amide bonds. The molecule has 0 aromatic heterocycles. The van der Waals surface area contributed by atoms with E-state index in [1.807, 2.05) is 0 Å². The molecule has 0 rings (SSSR count). The van der Waals surface area contributed by atoms with Crippen LogP contribution in [0.15, 0.2) is 0 Å². The molecule has 0 saturated heterocycles. The molecule has 0 unspecified atom stereocenters. The third kappa shape index (κ3) is 15.7. The van der Waals surface area contributed by atoms with E-state index in [1.165, 1.54) is 0 Å². The number of aliphatic hydroxyl groups excluding tert-OH is 3. The molecule has 0 aliphatic rings. The molecule has 0 spiro atoms. The van der Waals surface area contributed by atoms with Crippen LogP contribution in [0, 0.1) is 0 Å². The number of hydrogen-bond acceptors (Lipinski definition) is 6. The van der Waals surface area contributed by atoms with E-state index in [-0.39, 0.29) is 25.4 Å². The minimum absolute atomic E-state index is 0.150. The maximum Gasteiger partial charge on any atom is 0.0431 e. The molecule has 118 valence electrons. The average molecular weight is 279 g/mol. The van der Waals surface area contributed by atoms with E-state index in [9.17, 15) is 0 Å². The van der Waals surface area contributed by atoms with Gasteiger partial charge in [0.25, 0.3) is 0 Å². The molecule has 0 saturated carbocycles. The second kappa shape index (κ2) is 15.8. The smallest absolute Gasteiger partial charge is 0.0431 e. The molecule has 0 fully saturated rings. The fourth-order valence-electron chi connectivity index (χ4n) is 1.79. The van der Waals surface area contributed by atoms with Crippen LogP contribution in [0.1, 0.15) is 44.9 Å². The Kier molecular flexibility index (Phi) is 17.5. The summed E-state index contributed by atoms with van der Waals surface area (Å²) in [5.74, 6) is 0. The van der Waals surface area contributed by atoms with Crippen LogP contribution in [0.25, 0.3) is 0 Å². The lowest BCUT2D eigenvalue weighted by atomic mass is 9.85. The third-order valence-corrected chi connectivity index (χ3v) is 2.91. The van der Waals surface area contributed by atoms with Crippen LogP contribution in [0.3, 0.4) is 0 Å². The number of rotatable bonds is 11. The minimum Gasteiger partial charge on any atom is -0.396 e. The molecule has 9 N–H and O–H groups in total. The van der Waals surface area contributed by atoms with Crippen LogP contribution >= 0.6 is 0 Å². The van der Waals surface area contributed by atoms with Crippen LogP contribution in [-0.4, -0.2) is 53.8 Å². The Bertz CT molecular complexity index is 147. The second-order valence-electron chi connectivity index (χ2n) is 4.77. The average Bonchev–Trinajstić information content (AvgIpc) is 2.42. The van der Waals surface area contributed by atoms with E-state index in [2.05, 4.69) is 0 Å². The van der Waals surface area contributed by atoms with Crippen LogP contribution < -0.4 is 17.2 Å². The van der Waals surface area contributed by atoms with Gasteiger partial charge in [0.1, 0.15) is 0 Å². The predicted octanol–water partition coefficient (Wildman–Crippen LogP) is -0.705. The highest BCUT2D eigenvalue weighted by Gasteiger charge is 2.22. The van der Waals surface area contributed by atoms with E-state index in [4.69, 9.17) is 32.5 Å². The van der Waals surface area contributed by atoms with Gasteiger partial charge in [-0.1, -0.05) is 0 Å². The van der Waals surface area contributed by atoms with Gasteiger partial charge >= 0.3 is 0 Å². The Morgan fingerprint density at radius 3 is 1.11 bits per heavy atom. The molecular weight excluding hydrogens is 246 g/mol. The fraction of sp³-hybridized carbons (Fsp3) is 1.00. The van der Waals surface area contributed by atoms with Crippen molar-refractivity contribution < 1.29 is 15.3 Å². The van der Waals surface area contributed by atoms with Crippen LogP contribution in [0.4, 0.5) is 0 Å². The second-order valence-corrected chi connectivity index (χ2v) is 4.77. The highest BCUT2D eigenvalue weighted by Crippen LogP contribution is 2.21. The molecule has 0 bridgehead atoms. The van der Waals surface area contributed by atoms with E-state index in [0.717, 1.165) is 38.8 Å². The Balaban J connectivity index is 0. The molecule has 0 atom stereocenters. The first-order valence-corrected chi connectivity index (χ1v) is 7.11. The van der Waals surface area contributed by atoms with Gasteiger partial charge in [0.2, 0.25) is 0 Å². The van der Waals surface area contributed by atoms with Gasteiger partial charge in [-0.05, 0) is 58.0 Å². The summed E-state index contributed by atoms with van der Waals surface area (Å²) in [6.45, 7) is 1.89. The summed E-state index contributed by atoms with van der Waals surface area (Å²) in [4.78, 5) is 0. The van der Waals surface area contributed by atoms with Gasteiger partial charge in [0, 0.05) is 25.4 Å². The summed E-state index contributed by atoms with van der Waals surface area (Å²) in [6, 6.07) is 0. The van der Waals surface area contributed by atoms with E-state index in [1.54, 1.807) is 0 Å². The minimum atomic E-state index is -0.325. The first kappa shape index (κ1) is 21.1.